The van der Waals surface area contributed by atoms with Gasteiger partial charge in [-0.15, -0.1) is 0 Å². The second-order valence-electron chi connectivity index (χ2n) is 5.97. The fourth-order valence-corrected chi connectivity index (χ4v) is 2.40. The molecule has 0 bridgehead atoms. The average Bonchev–Trinajstić information content (AvgIpc) is 2.90. The first-order chi connectivity index (χ1) is 12.8. The number of anilines is 1. The minimum Gasteiger partial charge on any atom is -0.482 e. The number of aromatic nitrogens is 2. The molecule has 8 nitrogen and oxygen atoms in total. The first kappa shape index (κ1) is 20.2. The third-order valence-electron chi connectivity index (χ3n) is 3.99. The van der Waals surface area contributed by atoms with E-state index in [2.05, 4.69) is 10.4 Å². The zero-order chi connectivity index (χ0) is 20.0. The van der Waals surface area contributed by atoms with Gasteiger partial charge in [-0.3, -0.25) is 14.3 Å². The molecule has 0 radical (unpaired) electrons. The molecular weight excluding hydrogens is 350 g/mol. The second-order valence-corrected chi connectivity index (χ2v) is 5.97. The van der Waals surface area contributed by atoms with Crippen molar-refractivity contribution in [1.29, 1.82) is 0 Å². The number of ketones is 1. The Bertz CT molecular complexity index is 840. The normalized spacial score (nSPS) is 10.4. The summed E-state index contributed by atoms with van der Waals surface area (Å²) in [4.78, 5) is 35.2. The molecule has 0 saturated carbocycles. The van der Waals surface area contributed by atoms with Gasteiger partial charge in [-0.05, 0) is 38.1 Å². The molecule has 2 aromatic rings. The van der Waals surface area contributed by atoms with E-state index in [1.54, 1.807) is 49.8 Å². The van der Waals surface area contributed by atoms with Crippen molar-refractivity contribution in [1.82, 2.24) is 9.78 Å². The van der Waals surface area contributed by atoms with E-state index in [1.165, 1.54) is 0 Å². The molecule has 1 aromatic heterocycles. The number of Topliss-reactive ketones (excluding diaryl/α,β-unsaturated/α-hetero) is 1. The van der Waals surface area contributed by atoms with Gasteiger partial charge in [0.1, 0.15) is 5.75 Å². The predicted octanol–water partition coefficient (Wildman–Crippen LogP) is 2.19. The highest BCUT2D eigenvalue weighted by molar-refractivity contribution is 5.96. The summed E-state index contributed by atoms with van der Waals surface area (Å²) < 4.78 is 11.9. The zero-order valence-electron chi connectivity index (χ0n) is 15.9. The minimum atomic E-state index is -0.668. The third kappa shape index (κ3) is 5.40. The van der Waals surface area contributed by atoms with Crippen LogP contribution in [0.2, 0.25) is 0 Å². The van der Waals surface area contributed by atoms with Gasteiger partial charge in [0.25, 0.3) is 5.91 Å². The standard InChI is InChI=1S/C19H23N3O5/c1-5-16(23)14-6-8-15(9-7-14)26-11-18(25)27-10-17(24)20-19-12(2)21-22(4)13(19)3/h6-9H,5,10-11H2,1-4H3,(H,20,24). The molecular formula is C19H23N3O5. The Balaban J connectivity index is 1.77. The number of ether oxygens (including phenoxy) is 2. The second kappa shape index (κ2) is 8.98. The van der Waals surface area contributed by atoms with E-state index >= 15 is 0 Å². The number of hydrogen-bond donors (Lipinski definition) is 1. The third-order valence-corrected chi connectivity index (χ3v) is 3.99. The number of benzene rings is 1. The van der Waals surface area contributed by atoms with Gasteiger partial charge in [-0.2, -0.15) is 5.10 Å². The monoisotopic (exact) mass is 373 g/mol. The highest BCUT2D eigenvalue weighted by Crippen LogP contribution is 2.18. The summed E-state index contributed by atoms with van der Waals surface area (Å²) in [5, 5.41) is 6.88. The van der Waals surface area contributed by atoms with Gasteiger partial charge in [-0.1, -0.05) is 6.92 Å². The summed E-state index contributed by atoms with van der Waals surface area (Å²) in [6.45, 7) is 4.64. The number of hydrogen-bond acceptors (Lipinski definition) is 6. The van der Waals surface area contributed by atoms with Gasteiger partial charge >= 0.3 is 5.97 Å². The Morgan fingerprint density at radius 2 is 1.78 bits per heavy atom. The molecule has 0 atom stereocenters. The summed E-state index contributed by atoms with van der Waals surface area (Å²) >= 11 is 0. The Morgan fingerprint density at radius 1 is 1.11 bits per heavy atom. The maximum absolute atomic E-state index is 11.9. The van der Waals surface area contributed by atoms with Crippen molar-refractivity contribution in [3.63, 3.8) is 0 Å². The number of rotatable bonds is 8. The van der Waals surface area contributed by atoms with Crippen molar-refractivity contribution in [3.05, 3.63) is 41.2 Å². The largest absolute Gasteiger partial charge is 0.482 e. The van der Waals surface area contributed by atoms with Gasteiger partial charge in [0.15, 0.2) is 19.0 Å². The van der Waals surface area contributed by atoms with E-state index in [1.807, 2.05) is 6.92 Å². The highest BCUT2D eigenvalue weighted by Gasteiger charge is 2.14. The van der Waals surface area contributed by atoms with Gasteiger partial charge in [0.2, 0.25) is 0 Å². The molecule has 0 aliphatic rings. The van der Waals surface area contributed by atoms with Crippen LogP contribution >= 0.6 is 0 Å². The van der Waals surface area contributed by atoms with Crippen molar-refractivity contribution in [2.24, 2.45) is 7.05 Å². The summed E-state index contributed by atoms with van der Waals surface area (Å²) in [5.41, 5.74) is 2.69. The molecule has 1 heterocycles. The number of nitrogens with zero attached hydrogens (tertiary/aromatic N) is 2. The summed E-state index contributed by atoms with van der Waals surface area (Å²) in [6, 6.07) is 6.49. The molecule has 0 fully saturated rings. The lowest BCUT2D eigenvalue weighted by atomic mass is 10.1. The molecule has 144 valence electrons. The quantitative estimate of drug-likeness (QED) is 0.562. The average molecular weight is 373 g/mol. The summed E-state index contributed by atoms with van der Waals surface area (Å²) in [5.74, 6) is -0.653. The predicted molar refractivity (Wildman–Crippen MR) is 98.8 cm³/mol. The number of amides is 1. The van der Waals surface area contributed by atoms with Crippen LogP contribution in [0.3, 0.4) is 0 Å². The van der Waals surface area contributed by atoms with Crippen LogP contribution in [0.4, 0.5) is 5.69 Å². The fraction of sp³-hybridized carbons (Fsp3) is 0.368. The Kier molecular flexibility index (Phi) is 6.70. The van der Waals surface area contributed by atoms with E-state index in [0.717, 1.165) is 5.69 Å². The highest BCUT2D eigenvalue weighted by atomic mass is 16.6. The van der Waals surface area contributed by atoms with Gasteiger partial charge in [0, 0.05) is 19.0 Å². The van der Waals surface area contributed by atoms with Gasteiger partial charge in [0.05, 0.1) is 17.1 Å². The number of esters is 1. The summed E-state index contributed by atoms with van der Waals surface area (Å²) in [7, 11) is 1.78. The van der Waals surface area contributed by atoms with Crippen molar-refractivity contribution in [3.8, 4) is 5.75 Å². The van der Waals surface area contributed by atoms with Crippen LogP contribution in [0, 0.1) is 13.8 Å². The molecule has 1 amide bonds. The number of carbonyl (C=O) groups is 3. The Labute approximate surface area is 157 Å². The maximum Gasteiger partial charge on any atom is 0.344 e. The van der Waals surface area contributed by atoms with Crippen LogP contribution in [-0.4, -0.2) is 40.7 Å². The first-order valence-electron chi connectivity index (χ1n) is 8.53. The van der Waals surface area contributed by atoms with Crippen molar-refractivity contribution < 1.29 is 23.9 Å². The van der Waals surface area contributed by atoms with Crippen molar-refractivity contribution in [2.75, 3.05) is 18.5 Å². The van der Waals surface area contributed by atoms with Crippen molar-refractivity contribution >= 4 is 23.3 Å². The Hall–Kier alpha value is -3.16. The van der Waals surface area contributed by atoms with Crippen LogP contribution in [0.25, 0.3) is 0 Å². The van der Waals surface area contributed by atoms with Crippen LogP contribution in [-0.2, 0) is 21.4 Å². The van der Waals surface area contributed by atoms with Crippen LogP contribution in [0.1, 0.15) is 35.1 Å². The number of aryl methyl sites for hydroxylation is 2. The van der Waals surface area contributed by atoms with E-state index < -0.39 is 18.5 Å². The lowest BCUT2D eigenvalue weighted by Gasteiger charge is -2.08. The van der Waals surface area contributed by atoms with Crippen LogP contribution < -0.4 is 10.1 Å². The number of nitrogens with one attached hydrogen (secondary N) is 1. The van der Waals surface area contributed by atoms with Crippen LogP contribution in [0.15, 0.2) is 24.3 Å². The SMILES string of the molecule is CCC(=O)c1ccc(OCC(=O)OCC(=O)Nc2c(C)nn(C)c2C)cc1. The molecule has 0 unspecified atom stereocenters. The molecule has 0 aliphatic carbocycles. The maximum atomic E-state index is 11.9. The van der Waals surface area contributed by atoms with E-state index in [0.29, 0.717) is 29.1 Å². The lowest BCUT2D eigenvalue weighted by Crippen LogP contribution is -2.24. The molecule has 27 heavy (non-hydrogen) atoms. The summed E-state index contributed by atoms with van der Waals surface area (Å²) in [6.07, 6.45) is 0.423. The van der Waals surface area contributed by atoms with E-state index in [9.17, 15) is 14.4 Å². The molecule has 2 rings (SSSR count). The first-order valence-corrected chi connectivity index (χ1v) is 8.53. The molecule has 0 saturated heterocycles. The molecule has 0 spiro atoms. The van der Waals surface area contributed by atoms with Crippen LogP contribution in [0.5, 0.6) is 5.75 Å². The smallest absolute Gasteiger partial charge is 0.344 e. The minimum absolute atomic E-state index is 0.0334. The molecule has 1 aromatic carbocycles. The van der Waals surface area contributed by atoms with Crippen molar-refractivity contribution in [2.45, 2.75) is 27.2 Å². The molecule has 1 N–H and O–H groups in total. The fourth-order valence-electron chi connectivity index (χ4n) is 2.40. The van der Waals surface area contributed by atoms with Gasteiger partial charge in [-0.25, -0.2) is 4.79 Å². The zero-order valence-corrected chi connectivity index (χ0v) is 15.9. The molecule has 8 heteroatoms. The van der Waals surface area contributed by atoms with Gasteiger partial charge < -0.3 is 14.8 Å². The topological polar surface area (TPSA) is 99.5 Å². The number of carbonyl (C=O) groups excluding carboxylic acids is 3. The molecule has 0 aliphatic heterocycles. The van der Waals surface area contributed by atoms with E-state index in [4.69, 9.17) is 9.47 Å². The Morgan fingerprint density at radius 3 is 2.33 bits per heavy atom. The lowest BCUT2D eigenvalue weighted by molar-refractivity contribution is -0.149. The van der Waals surface area contributed by atoms with E-state index in [-0.39, 0.29) is 12.4 Å².